The average molecular weight is 326 g/mol. The van der Waals surface area contributed by atoms with Crippen molar-refractivity contribution in [2.24, 2.45) is 0 Å². The van der Waals surface area contributed by atoms with E-state index in [0.29, 0.717) is 0 Å². The van der Waals surface area contributed by atoms with Crippen molar-refractivity contribution >= 4 is 34.3 Å². The highest BCUT2D eigenvalue weighted by Gasteiger charge is 2.08. The molecule has 1 amide bonds. The first-order valence-electron chi connectivity index (χ1n) is 7.16. The highest BCUT2D eigenvalue weighted by Crippen LogP contribution is 2.24. The van der Waals surface area contributed by atoms with Crippen molar-refractivity contribution in [2.45, 2.75) is 11.9 Å². The van der Waals surface area contributed by atoms with Gasteiger partial charge in [-0.25, -0.2) is 9.37 Å². The quantitative estimate of drug-likeness (QED) is 0.722. The predicted octanol–water partition coefficient (Wildman–Crippen LogP) is 4.41. The molecule has 2 aromatic carbocycles. The van der Waals surface area contributed by atoms with E-state index >= 15 is 0 Å². The molecule has 23 heavy (non-hydrogen) atoms. The smallest absolute Gasteiger partial charge is 0.234 e. The number of carbonyl (C=O) groups is 1. The number of hydrogen-bond donors (Lipinski definition) is 1. The molecule has 1 aromatic heterocycles. The second-order valence-corrected chi connectivity index (χ2v) is 6.14. The SMILES string of the molecule is Cc1cc(SCC(=O)Nc2ccccc2)nc2ccc(F)cc12. The van der Waals surface area contributed by atoms with Gasteiger partial charge < -0.3 is 5.32 Å². The molecule has 1 N–H and O–H groups in total. The molecule has 5 heteroatoms. The van der Waals surface area contributed by atoms with Gasteiger partial charge in [0.15, 0.2) is 0 Å². The lowest BCUT2D eigenvalue weighted by atomic mass is 10.1. The number of pyridine rings is 1. The Bertz CT molecular complexity index is 852. The molecule has 0 aliphatic heterocycles. The third kappa shape index (κ3) is 3.87. The van der Waals surface area contributed by atoms with E-state index in [4.69, 9.17) is 0 Å². The van der Waals surface area contributed by atoms with Crippen LogP contribution >= 0.6 is 11.8 Å². The largest absolute Gasteiger partial charge is 0.325 e. The third-order valence-electron chi connectivity index (χ3n) is 3.36. The number of halogens is 1. The Kier molecular flexibility index (Phi) is 4.57. The fourth-order valence-electron chi connectivity index (χ4n) is 2.27. The summed E-state index contributed by atoms with van der Waals surface area (Å²) >= 11 is 1.36. The lowest BCUT2D eigenvalue weighted by Crippen LogP contribution is -2.13. The van der Waals surface area contributed by atoms with Gasteiger partial charge in [-0.05, 0) is 48.9 Å². The fourth-order valence-corrected chi connectivity index (χ4v) is 3.04. The van der Waals surface area contributed by atoms with Crippen LogP contribution in [0, 0.1) is 12.7 Å². The molecule has 0 bridgehead atoms. The van der Waals surface area contributed by atoms with Crippen LogP contribution in [-0.2, 0) is 4.79 Å². The van der Waals surface area contributed by atoms with Gasteiger partial charge in [0.25, 0.3) is 0 Å². The van der Waals surface area contributed by atoms with Crippen LogP contribution in [0.2, 0.25) is 0 Å². The molecular weight excluding hydrogens is 311 g/mol. The molecule has 0 atom stereocenters. The van der Waals surface area contributed by atoms with Crippen molar-refractivity contribution in [2.75, 3.05) is 11.1 Å². The lowest BCUT2D eigenvalue weighted by Gasteiger charge is -2.07. The number of aryl methyl sites for hydroxylation is 1. The van der Waals surface area contributed by atoms with Crippen LogP contribution in [0.1, 0.15) is 5.56 Å². The Morgan fingerprint density at radius 1 is 1.17 bits per heavy atom. The predicted molar refractivity (Wildman–Crippen MR) is 92.2 cm³/mol. The molecule has 0 spiro atoms. The van der Waals surface area contributed by atoms with Gasteiger partial charge in [-0.15, -0.1) is 0 Å². The van der Waals surface area contributed by atoms with Gasteiger partial charge in [0, 0.05) is 11.1 Å². The Labute approximate surface area is 137 Å². The Hall–Kier alpha value is -2.40. The Morgan fingerprint density at radius 3 is 2.74 bits per heavy atom. The van der Waals surface area contributed by atoms with Crippen LogP contribution in [0.3, 0.4) is 0 Å². The number of carbonyl (C=O) groups excluding carboxylic acids is 1. The first-order valence-corrected chi connectivity index (χ1v) is 8.15. The molecule has 0 aliphatic rings. The van der Waals surface area contributed by atoms with Gasteiger partial charge in [0.1, 0.15) is 5.82 Å². The minimum atomic E-state index is -0.273. The third-order valence-corrected chi connectivity index (χ3v) is 4.27. The molecule has 3 rings (SSSR count). The van der Waals surface area contributed by atoms with Gasteiger partial charge in [-0.2, -0.15) is 0 Å². The van der Waals surface area contributed by atoms with Crippen molar-refractivity contribution in [3.63, 3.8) is 0 Å². The average Bonchev–Trinajstić information content (AvgIpc) is 2.55. The summed E-state index contributed by atoms with van der Waals surface area (Å²) in [6.45, 7) is 1.91. The van der Waals surface area contributed by atoms with Crippen molar-refractivity contribution in [3.8, 4) is 0 Å². The van der Waals surface area contributed by atoms with E-state index in [2.05, 4.69) is 10.3 Å². The highest BCUT2D eigenvalue weighted by molar-refractivity contribution is 7.99. The minimum absolute atomic E-state index is 0.0835. The molecule has 1 heterocycles. The number of nitrogens with zero attached hydrogens (tertiary/aromatic N) is 1. The van der Waals surface area contributed by atoms with Gasteiger partial charge in [-0.3, -0.25) is 4.79 Å². The summed E-state index contributed by atoms with van der Waals surface area (Å²) in [4.78, 5) is 16.4. The summed E-state index contributed by atoms with van der Waals surface area (Å²) in [6, 6.07) is 15.7. The van der Waals surface area contributed by atoms with E-state index < -0.39 is 0 Å². The van der Waals surface area contributed by atoms with E-state index in [0.717, 1.165) is 27.2 Å². The monoisotopic (exact) mass is 326 g/mol. The maximum atomic E-state index is 13.3. The number of fused-ring (bicyclic) bond motifs is 1. The molecule has 116 valence electrons. The first-order chi connectivity index (χ1) is 11.1. The zero-order valence-corrected chi connectivity index (χ0v) is 13.4. The van der Waals surface area contributed by atoms with Crippen LogP contribution < -0.4 is 5.32 Å². The molecule has 0 saturated heterocycles. The number of nitrogens with one attached hydrogen (secondary N) is 1. The van der Waals surface area contributed by atoms with Crippen molar-refractivity contribution in [3.05, 3.63) is 66.0 Å². The Balaban J connectivity index is 1.69. The van der Waals surface area contributed by atoms with Crippen molar-refractivity contribution < 1.29 is 9.18 Å². The normalized spacial score (nSPS) is 10.7. The molecule has 3 nitrogen and oxygen atoms in total. The summed E-state index contributed by atoms with van der Waals surface area (Å²) in [7, 11) is 0. The maximum absolute atomic E-state index is 13.3. The molecular formula is C18H15FN2OS. The van der Waals surface area contributed by atoms with Crippen molar-refractivity contribution in [1.29, 1.82) is 0 Å². The number of rotatable bonds is 4. The van der Waals surface area contributed by atoms with Gasteiger partial charge in [0.2, 0.25) is 5.91 Å². The number of thioether (sulfide) groups is 1. The van der Waals surface area contributed by atoms with Crippen LogP contribution in [0.15, 0.2) is 59.6 Å². The summed E-state index contributed by atoms with van der Waals surface area (Å²) < 4.78 is 13.3. The molecule has 0 saturated carbocycles. The minimum Gasteiger partial charge on any atom is -0.325 e. The molecule has 0 aliphatic carbocycles. The number of aromatic nitrogens is 1. The van der Waals surface area contributed by atoms with Gasteiger partial charge in [-0.1, -0.05) is 30.0 Å². The molecule has 0 radical (unpaired) electrons. The number of para-hydroxylation sites is 1. The number of anilines is 1. The number of amides is 1. The zero-order valence-electron chi connectivity index (χ0n) is 12.5. The summed E-state index contributed by atoms with van der Waals surface area (Å²) in [5.41, 5.74) is 2.45. The second kappa shape index (κ2) is 6.79. The summed E-state index contributed by atoms with van der Waals surface area (Å²) in [5, 5.41) is 4.38. The lowest BCUT2D eigenvalue weighted by molar-refractivity contribution is -0.113. The number of benzene rings is 2. The van der Waals surface area contributed by atoms with Gasteiger partial charge in [0.05, 0.1) is 16.3 Å². The second-order valence-electron chi connectivity index (χ2n) is 5.14. The van der Waals surface area contributed by atoms with E-state index in [1.807, 2.05) is 43.3 Å². The molecule has 0 fully saturated rings. The van der Waals surface area contributed by atoms with Crippen LogP contribution in [0.25, 0.3) is 10.9 Å². The standard InChI is InChI=1S/C18H15FN2OS/c1-12-9-18(21-16-8-7-13(19)10-15(12)16)23-11-17(22)20-14-5-3-2-4-6-14/h2-10H,11H2,1H3,(H,20,22). The van der Waals surface area contributed by atoms with Crippen LogP contribution in [0.4, 0.5) is 10.1 Å². The van der Waals surface area contributed by atoms with Gasteiger partial charge >= 0.3 is 0 Å². The Morgan fingerprint density at radius 2 is 1.96 bits per heavy atom. The topological polar surface area (TPSA) is 42.0 Å². The summed E-state index contributed by atoms with van der Waals surface area (Å²) in [6.07, 6.45) is 0. The van der Waals surface area contributed by atoms with Crippen LogP contribution in [-0.4, -0.2) is 16.6 Å². The first kappa shape index (κ1) is 15.5. The fraction of sp³-hybridized carbons (Fsp3) is 0.111. The van der Waals surface area contributed by atoms with Crippen molar-refractivity contribution in [1.82, 2.24) is 4.98 Å². The maximum Gasteiger partial charge on any atom is 0.234 e. The zero-order chi connectivity index (χ0) is 16.2. The van der Waals surface area contributed by atoms with Crippen LogP contribution in [0.5, 0.6) is 0 Å². The van der Waals surface area contributed by atoms with E-state index in [-0.39, 0.29) is 17.5 Å². The molecule has 3 aromatic rings. The van der Waals surface area contributed by atoms with E-state index in [1.54, 1.807) is 6.07 Å². The van der Waals surface area contributed by atoms with E-state index in [9.17, 15) is 9.18 Å². The molecule has 0 unspecified atom stereocenters. The highest BCUT2D eigenvalue weighted by atomic mass is 32.2. The van der Waals surface area contributed by atoms with E-state index in [1.165, 1.54) is 23.9 Å². The number of hydrogen-bond acceptors (Lipinski definition) is 3. The summed E-state index contributed by atoms with van der Waals surface area (Å²) in [5.74, 6) is -0.0847.